The fourth-order valence-electron chi connectivity index (χ4n) is 2.99. The third-order valence-electron chi connectivity index (χ3n) is 4.02. The van der Waals surface area contributed by atoms with Gasteiger partial charge in [0.2, 0.25) is 11.8 Å². The van der Waals surface area contributed by atoms with Crippen LogP contribution in [0.25, 0.3) is 0 Å². The predicted octanol–water partition coefficient (Wildman–Crippen LogP) is 2.46. The van der Waals surface area contributed by atoms with Gasteiger partial charge in [-0.05, 0) is 43.5 Å². The Morgan fingerprint density at radius 3 is 2.45 bits per heavy atom. The molecule has 5 heteroatoms. The smallest absolute Gasteiger partial charge is 0.245 e. The molecule has 4 nitrogen and oxygen atoms in total. The lowest BCUT2D eigenvalue weighted by molar-refractivity contribution is -0.132. The second-order valence-corrected chi connectivity index (χ2v) is 5.76. The van der Waals surface area contributed by atoms with Gasteiger partial charge in [-0.25, -0.2) is 0 Å². The van der Waals surface area contributed by atoms with Crippen molar-refractivity contribution in [2.75, 3.05) is 18.0 Å². The number of carbonyl (C=O) groups is 2. The van der Waals surface area contributed by atoms with Crippen molar-refractivity contribution in [1.82, 2.24) is 4.90 Å². The van der Waals surface area contributed by atoms with E-state index in [0.717, 1.165) is 31.6 Å². The number of benzene rings is 1. The van der Waals surface area contributed by atoms with Gasteiger partial charge in [0.25, 0.3) is 0 Å². The van der Waals surface area contributed by atoms with Gasteiger partial charge in [-0.1, -0.05) is 11.6 Å². The van der Waals surface area contributed by atoms with Gasteiger partial charge >= 0.3 is 0 Å². The average molecular weight is 293 g/mol. The quantitative estimate of drug-likeness (QED) is 0.840. The molecule has 2 heterocycles. The van der Waals surface area contributed by atoms with Gasteiger partial charge in [0, 0.05) is 30.2 Å². The van der Waals surface area contributed by atoms with E-state index in [4.69, 9.17) is 11.6 Å². The third kappa shape index (κ3) is 2.40. The minimum Gasteiger partial charge on any atom is -0.341 e. The van der Waals surface area contributed by atoms with E-state index in [1.807, 2.05) is 4.90 Å². The van der Waals surface area contributed by atoms with Gasteiger partial charge in [-0.15, -0.1) is 0 Å². The second-order valence-electron chi connectivity index (χ2n) is 5.33. The molecule has 1 atom stereocenters. The maximum Gasteiger partial charge on any atom is 0.245 e. The number of halogens is 1. The van der Waals surface area contributed by atoms with Crippen molar-refractivity contribution in [1.29, 1.82) is 0 Å². The number of hydrogen-bond donors (Lipinski definition) is 0. The van der Waals surface area contributed by atoms with Crippen molar-refractivity contribution < 1.29 is 9.59 Å². The van der Waals surface area contributed by atoms with Crippen LogP contribution >= 0.6 is 11.6 Å². The minimum absolute atomic E-state index is 0.0184. The zero-order valence-electron chi connectivity index (χ0n) is 11.2. The van der Waals surface area contributed by atoms with Crippen molar-refractivity contribution in [3.05, 3.63) is 29.3 Å². The Morgan fingerprint density at radius 2 is 1.80 bits per heavy atom. The highest BCUT2D eigenvalue weighted by Gasteiger charge is 2.39. The molecule has 2 saturated heterocycles. The molecule has 0 radical (unpaired) electrons. The van der Waals surface area contributed by atoms with E-state index in [-0.39, 0.29) is 17.9 Å². The number of anilines is 1. The van der Waals surface area contributed by atoms with Crippen LogP contribution < -0.4 is 4.90 Å². The molecule has 2 aliphatic rings. The van der Waals surface area contributed by atoms with Crippen LogP contribution in [0.1, 0.15) is 25.7 Å². The Hall–Kier alpha value is -1.55. The highest BCUT2D eigenvalue weighted by Crippen LogP contribution is 2.29. The molecule has 0 spiro atoms. The highest BCUT2D eigenvalue weighted by molar-refractivity contribution is 6.30. The number of likely N-dealkylation sites (tertiary alicyclic amines) is 1. The summed E-state index contributed by atoms with van der Waals surface area (Å²) in [5, 5.41) is 0.628. The van der Waals surface area contributed by atoms with Crippen LogP contribution in [0.4, 0.5) is 5.69 Å². The fourth-order valence-corrected chi connectivity index (χ4v) is 3.12. The number of nitrogens with zero attached hydrogens (tertiary/aromatic N) is 2. The van der Waals surface area contributed by atoms with E-state index in [2.05, 4.69) is 0 Å². The largest absolute Gasteiger partial charge is 0.341 e. The molecule has 0 aliphatic carbocycles. The summed E-state index contributed by atoms with van der Waals surface area (Å²) in [7, 11) is 0. The van der Waals surface area contributed by atoms with Crippen molar-refractivity contribution in [2.45, 2.75) is 31.7 Å². The summed E-state index contributed by atoms with van der Waals surface area (Å²) in [5.74, 6) is 0.105. The molecule has 1 aromatic carbocycles. The van der Waals surface area contributed by atoms with Crippen LogP contribution in [0.3, 0.4) is 0 Å². The molecule has 106 valence electrons. The van der Waals surface area contributed by atoms with Crippen LogP contribution in [0.5, 0.6) is 0 Å². The Labute approximate surface area is 123 Å². The fraction of sp³-hybridized carbons (Fsp3) is 0.467. The van der Waals surface area contributed by atoms with E-state index in [1.165, 1.54) is 0 Å². The lowest BCUT2D eigenvalue weighted by Gasteiger charge is -2.27. The first-order valence-electron chi connectivity index (χ1n) is 7.03. The molecule has 1 unspecified atom stereocenters. The maximum atomic E-state index is 12.5. The van der Waals surface area contributed by atoms with Crippen LogP contribution in [-0.2, 0) is 9.59 Å². The number of carbonyl (C=O) groups excluding carboxylic acids is 2. The summed E-state index contributed by atoms with van der Waals surface area (Å²) in [4.78, 5) is 28.2. The molecular weight excluding hydrogens is 276 g/mol. The summed E-state index contributed by atoms with van der Waals surface area (Å²) >= 11 is 5.88. The molecule has 0 aromatic heterocycles. The Balaban J connectivity index is 1.84. The van der Waals surface area contributed by atoms with E-state index < -0.39 is 0 Å². The maximum absolute atomic E-state index is 12.5. The normalized spacial score (nSPS) is 22.6. The lowest BCUT2D eigenvalue weighted by Crippen LogP contribution is -2.46. The van der Waals surface area contributed by atoms with E-state index in [0.29, 0.717) is 17.9 Å². The molecule has 2 fully saturated rings. The van der Waals surface area contributed by atoms with Gasteiger partial charge in [0.05, 0.1) is 0 Å². The van der Waals surface area contributed by atoms with Crippen molar-refractivity contribution in [3.63, 3.8) is 0 Å². The Morgan fingerprint density at radius 1 is 1.15 bits per heavy atom. The molecule has 0 N–H and O–H groups in total. The molecule has 2 amide bonds. The van der Waals surface area contributed by atoms with Gasteiger partial charge in [0.15, 0.2) is 0 Å². The molecule has 3 rings (SSSR count). The molecule has 20 heavy (non-hydrogen) atoms. The van der Waals surface area contributed by atoms with Gasteiger partial charge in [-0.3, -0.25) is 14.5 Å². The monoisotopic (exact) mass is 292 g/mol. The van der Waals surface area contributed by atoms with E-state index >= 15 is 0 Å². The average Bonchev–Trinajstić information content (AvgIpc) is 3.09. The predicted molar refractivity (Wildman–Crippen MR) is 77.8 cm³/mol. The van der Waals surface area contributed by atoms with Crippen LogP contribution in [0.15, 0.2) is 24.3 Å². The summed E-state index contributed by atoms with van der Waals surface area (Å²) in [6.07, 6.45) is 3.17. The first kappa shape index (κ1) is 13.4. The Kier molecular flexibility index (Phi) is 3.66. The number of amides is 2. The topological polar surface area (TPSA) is 40.6 Å². The first-order valence-corrected chi connectivity index (χ1v) is 7.41. The number of hydrogen-bond acceptors (Lipinski definition) is 2. The molecule has 0 bridgehead atoms. The third-order valence-corrected chi connectivity index (χ3v) is 4.27. The standard InChI is InChI=1S/C15H17ClN2O2/c16-11-3-5-12(6-4-11)18-13(7-8-14(18)19)15(20)17-9-1-2-10-17/h3-6,13H,1-2,7-10H2. The summed E-state index contributed by atoms with van der Waals surface area (Å²) in [6, 6.07) is 6.76. The SMILES string of the molecule is O=C(C1CCC(=O)N1c1ccc(Cl)cc1)N1CCCC1. The van der Waals surface area contributed by atoms with Gasteiger partial charge < -0.3 is 4.90 Å². The molecule has 2 aliphatic heterocycles. The molecular formula is C15H17ClN2O2. The minimum atomic E-state index is -0.346. The van der Waals surface area contributed by atoms with Gasteiger partial charge in [0.1, 0.15) is 6.04 Å². The van der Waals surface area contributed by atoms with Crippen molar-refractivity contribution in [3.8, 4) is 0 Å². The van der Waals surface area contributed by atoms with Crippen molar-refractivity contribution in [2.24, 2.45) is 0 Å². The van der Waals surface area contributed by atoms with Gasteiger partial charge in [-0.2, -0.15) is 0 Å². The summed E-state index contributed by atoms with van der Waals surface area (Å²) in [6.45, 7) is 1.63. The summed E-state index contributed by atoms with van der Waals surface area (Å²) in [5.41, 5.74) is 0.759. The molecule has 0 saturated carbocycles. The lowest BCUT2D eigenvalue weighted by atomic mass is 10.2. The zero-order chi connectivity index (χ0) is 14.1. The van der Waals surface area contributed by atoms with E-state index in [9.17, 15) is 9.59 Å². The Bertz CT molecular complexity index is 523. The summed E-state index contributed by atoms with van der Waals surface area (Å²) < 4.78 is 0. The highest BCUT2D eigenvalue weighted by atomic mass is 35.5. The first-order chi connectivity index (χ1) is 9.66. The van der Waals surface area contributed by atoms with Crippen LogP contribution in [-0.4, -0.2) is 35.8 Å². The van der Waals surface area contributed by atoms with Crippen molar-refractivity contribution >= 4 is 29.1 Å². The van der Waals surface area contributed by atoms with E-state index in [1.54, 1.807) is 29.2 Å². The van der Waals surface area contributed by atoms with Crippen LogP contribution in [0.2, 0.25) is 5.02 Å². The second kappa shape index (κ2) is 5.44. The van der Waals surface area contributed by atoms with Crippen LogP contribution in [0, 0.1) is 0 Å². The zero-order valence-corrected chi connectivity index (χ0v) is 12.0. The molecule has 1 aromatic rings. The number of rotatable bonds is 2.